The van der Waals surface area contributed by atoms with E-state index in [1.165, 1.54) is 0 Å². The van der Waals surface area contributed by atoms with Gasteiger partial charge in [-0.1, -0.05) is 54.6 Å². The summed E-state index contributed by atoms with van der Waals surface area (Å²) in [4.78, 5) is 12.0. The number of benzene rings is 1. The highest BCUT2D eigenvalue weighted by Gasteiger charge is 2.35. The molecule has 0 spiro atoms. The van der Waals surface area contributed by atoms with Crippen molar-refractivity contribution in [1.82, 2.24) is 5.32 Å². The molecule has 2 aliphatic rings. The Hall–Kier alpha value is -2.07. The molecule has 0 saturated carbocycles. The summed E-state index contributed by atoms with van der Waals surface area (Å²) in [6.07, 6.45) is 10.1. The van der Waals surface area contributed by atoms with E-state index in [1.807, 2.05) is 30.3 Å². The number of alkyl carbamates (subject to hydrolysis) is 1. The van der Waals surface area contributed by atoms with Gasteiger partial charge in [-0.15, -0.1) is 0 Å². The monoisotopic (exact) mass is 299 g/mol. The molecule has 4 nitrogen and oxygen atoms in total. The lowest BCUT2D eigenvalue weighted by Gasteiger charge is -2.21. The van der Waals surface area contributed by atoms with E-state index in [-0.39, 0.29) is 24.8 Å². The molecule has 0 bridgehead atoms. The van der Waals surface area contributed by atoms with Crippen LogP contribution < -0.4 is 5.32 Å². The predicted octanol–water partition coefficient (Wildman–Crippen LogP) is 3.20. The Morgan fingerprint density at radius 3 is 2.82 bits per heavy atom. The largest absolute Gasteiger partial charge is 0.445 e. The van der Waals surface area contributed by atoms with Gasteiger partial charge in [0, 0.05) is 0 Å². The first kappa shape index (κ1) is 14.9. The van der Waals surface area contributed by atoms with E-state index in [9.17, 15) is 4.79 Å². The van der Waals surface area contributed by atoms with Crippen LogP contribution in [0.2, 0.25) is 0 Å². The molecule has 116 valence electrons. The number of rotatable bonds is 6. The summed E-state index contributed by atoms with van der Waals surface area (Å²) >= 11 is 0. The van der Waals surface area contributed by atoms with Gasteiger partial charge in [0.1, 0.15) is 12.7 Å². The number of amides is 1. The van der Waals surface area contributed by atoms with Crippen LogP contribution in [0.5, 0.6) is 0 Å². The second-order valence-corrected chi connectivity index (χ2v) is 5.73. The van der Waals surface area contributed by atoms with Crippen molar-refractivity contribution >= 4 is 6.09 Å². The van der Waals surface area contributed by atoms with Crippen molar-refractivity contribution in [3.05, 3.63) is 60.2 Å². The molecule has 1 saturated heterocycles. The van der Waals surface area contributed by atoms with Crippen LogP contribution in [0.25, 0.3) is 0 Å². The number of allylic oxidation sites excluding steroid dienone is 4. The highest BCUT2D eigenvalue weighted by molar-refractivity contribution is 5.67. The number of carbonyl (C=O) groups is 1. The van der Waals surface area contributed by atoms with Gasteiger partial charge in [-0.05, 0) is 24.3 Å². The maximum atomic E-state index is 12.0. The van der Waals surface area contributed by atoms with Gasteiger partial charge in [-0.25, -0.2) is 4.79 Å². The Morgan fingerprint density at radius 2 is 2.14 bits per heavy atom. The smallest absolute Gasteiger partial charge is 0.407 e. The highest BCUT2D eigenvalue weighted by atomic mass is 16.6. The third-order valence-corrected chi connectivity index (χ3v) is 3.95. The van der Waals surface area contributed by atoms with Crippen molar-refractivity contribution < 1.29 is 14.3 Å². The average Bonchev–Trinajstić information content (AvgIpc) is 3.39. The van der Waals surface area contributed by atoms with E-state index >= 15 is 0 Å². The van der Waals surface area contributed by atoms with Gasteiger partial charge in [0.15, 0.2) is 0 Å². The first-order valence-electron chi connectivity index (χ1n) is 7.73. The molecule has 0 aromatic heterocycles. The predicted molar refractivity (Wildman–Crippen MR) is 84.3 cm³/mol. The van der Waals surface area contributed by atoms with Gasteiger partial charge >= 0.3 is 6.09 Å². The second kappa shape index (κ2) is 7.27. The number of carbonyl (C=O) groups excluding carboxylic acids is 1. The summed E-state index contributed by atoms with van der Waals surface area (Å²) in [6.45, 7) is 1.01. The lowest BCUT2D eigenvalue weighted by molar-refractivity contribution is 0.131. The molecule has 1 amide bonds. The Balaban J connectivity index is 1.47. The summed E-state index contributed by atoms with van der Waals surface area (Å²) in [5.74, 6) is 0.452. The van der Waals surface area contributed by atoms with E-state index in [0.29, 0.717) is 5.92 Å². The van der Waals surface area contributed by atoms with Crippen LogP contribution in [0.1, 0.15) is 18.4 Å². The molecule has 3 atom stereocenters. The van der Waals surface area contributed by atoms with Crippen LogP contribution >= 0.6 is 0 Å². The van der Waals surface area contributed by atoms with E-state index in [4.69, 9.17) is 9.47 Å². The fraction of sp³-hybridized carbons (Fsp3) is 0.389. The van der Waals surface area contributed by atoms with E-state index in [0.717, 1.165) is 25.0 Å². The summed E-state index contributed by atoms with van der Waals surface area (Å²) in [5.41, 5.74) is 0.984. The maximum absolute atomic E-state index is 12.0. The van der Waals surface area contributed by atoms with Gasteiger partial charge < -0.3 is 14.8 Å². The lowest BCUT2D eigenvalue weighted by Crippen LogP contribution is -2.40. The van der Waals surface area contributed by atoms with Crippen LogP contribution in [0.15, 0.2) is 54.6 Å². The number of epoxide rings is 1. The summed E-state index contributed by atoms with van der Waals surface area (Å²) in [6, 6.07) is 9.70. The third-order valence-electron chi connectivity index (χ3n) is 3.95. The van der Waals surface area contributed by atoms with E-state index < -0.39 is 0 Å². The molecule has 1 N–H and O–H groups in total. The number of hydrogen-bond acceptors (Lipinski definition) is 3. The van der Waals surface area contributed by atoms with Crippen molar-refractivity contribution in [3.63, 3.8) is 0 Å². The zero-order valence-corrected chi connectivity index (χ0v) is 12.5. The maximum Gasteiger partial charge on any atom is 0.407 e. The molecule has 22 heavy (non-hydrogen) atoms. The zero-order valence-electron chi connectivity index (χ0n) is 12.5. The molecule has 3 rings (SSSR count). The minimum absolute atomic E-state index is 0.0180. The van der Waals surface area contributed by atoms with Gasteiger partial charge in [0.25, 0.3) is 0 Å². The molecule has 1 aromatic carbocycles. The summed E-state index contributed by atoms with van der Waals surface area (Å²) in [5, 5.41) is 2.95. The van der Waals surface area contributed by atoms with Crippen molar-refractivity contribution in [3.8, 4) is 0 Å². The Morgan fingerprint density at radius 1 is 1.32 bits per heavy atom. The standard InChI is InChI=1S/C18H21NO3/c20-18(22-12-15-9-5-2-6-10-15)19-16(17-13-21-17)11-14-7-3-1-4-8-14/h1-7,9-10,14,16-17H,8,11-13H2,(H,19,20). The molecule has 3 unspecified atom stereocenters. The molecule has 4 heteroatoms. The molecule has 1 aliphatic carbocycles. The van der Waals surface area contributed by atoms with E-state index in [1.54, 1.807) is 0 Å². The first-order chi connectivity index (χ1) is 10.8. The fourth-order valence-corrected chi connectivity index (χ4v) is 2.64. The molecule has 1 fully saturated rings. The Kier molecular flexibility index (Phi) is 4.91. The normalized spacial score (nSPS) is 23.8. The minimum Gasteiger partial charge on any atom is -0.445 e. The first-order valence-corrected chi connectivity index (χ1v) is 7.73. The van der Waals surface area contributed by atoms with Crippen molar-refractivity contribution in [1.29, 1.82) is 0 Å². The van der Waals surface area contributed by atoms with Crippen LogP contribution in [0.4, 0.5) is 4.79 Å². The Bertz CT molecular complexity index is 549. The van der Waals surface area contributed by atoms with Crippen LogP contribution in [-0.2, 0) is 16.1 Å². The topological polar surface area (TPSA) is 50.9 Å². The number of hydrogen-bond donors (Lipinski definition) is 1. The summed E-state index contributed by atoms with van der Waals surface area (Å²) in [7, 11) is 0. The van der Waals surface area contributed by atoms with Crippen molar-refractivity contribution in [2.24, 2.45) is 5.92 Å². The third kappa shape index (κ3) is 4.46. The molecular formula is C18H21NO3. The molecule has 0 radical (unpaired) electrons. The number of nitrogens with one attached hydrogen (secondary N) is 1. The molecule has 1 heterocycles. The fourth-order valence-electron chi connectivity index (χ4n) is 2.64. The van der Waals surface area contributed by atoms with Crippen molar-refractivity contribution in [2.75, 3.05) is 6.61 Å². The SMILES string of the molecule is O=C(NC(CC1C=CC=CC1)C1CO1)OCc1ccccc1. The quantitative estimate of drug-likeness (QED) is 0.821. The van der Waals surface area contributed by atoms with Crippen LogP contribution in [0, 0.1) is 5.92 Å². The minimum atomic E-state index is -0.375. The molecular weight excluding hydrogens is 278 g/mol. The highest BCUT2D eigenvalue weighted by Crippen LogP contribution is 2.24. The number of ether oxygens (including phenoxy) is 2. The van der Waals surface area contributed by atoms with Gasteiger partial charge in [-0.2, -0.15) is 0 Å². The van der Waals surface area contributed by atoms with Crippen LogP contribution in [-0.4, -0.2) is 24.8 Å². The summed E-state index contributed by atoms with van der Waals surface area (Å²) < 4.78 is 10.7. The van der Waals surface area contributed by atoms with Gasteiger partial charge in [-0.3, -0.25) is 0 Å². The van der Waals surface area contributed by atoms with Gasteiger partial charge in [0.05, 0.1) is 12.6 Å². The average molecular weight is 299 g/mol. The zero-order chi connectivity index (χ0) is 15.2. The van der Waals surface area contributed by atoms with Gasteiger partial charge in [0.2, 0.25) is 0 Å². The van der Waals surface area contributed by atoms with E-state index in [2.05, 4.69) is 29.6 Å². The molecule has 1 aliphatic heterocycles. The Labute approximate surface area is 130 Å². The molecule has 1 aromatic rings. The van der Waals surface area contributed by atoms with Crippen LogP contribution in [0.3, 0.4) is 0 Å². The lowest BCUT2D eigenvalue weighted by atomic mass is 9.92. The second-order valence-electron chi connectivity index (χ2n) is 5.73. The van der Waals surface area contributed by atoms with Crippen molar-refractivity contribution in [2.45, 2.75) is 31.6 Å².